The number of aromatic nitrogens is 1. The van der Waals surface area contributed by atoms with Gasteiger partial charge in [0.15, 0.2) is 0 Å². The highest BCUT2D eigenvalue weighted by Gasteiger charge is 2.42. The molecule has 1 aliphatic heterocycles. The zero-order valence-corrected chi connectivity index (χ0v) is 18.5. The first kappa shape index (κ1) is 20.9. The van der Waals surface area contributed by atoms with Gasteiger partial charge in [-0.2, -0.15) is 4.99 Å². The number of benzene rings is 2. The topological polar surface area (TPSA) is 130 Å². The molecule has 8 nitrogen and oxygen atoms in total. The van der Waals surface area contributed by atoms with Gasteiger partial charge >= 0.3 is 5.97 Å². The van der Waals surface area contributed by atoms with Crippen molar-refractivity contribution < 1.29 is 9.90 Å². The molecule has 2 aliphatic rings. The Morgan fingerprint density at radius 2 is 1.76 bits per heavy atom. The molecule has 33 heavy (non-hydrogen) atoms. The zero-order valence-electron chi connectivity index (χ0n) is 18.5. The van der Waals surface area contributed by atoms with Gasteiger partial charge in [-0.25, -0.2) is 14.8 Å². The Labute approximate surface area is 191 Å². The van der Waals surface area contributed by atoms with Crippen molar-refractivity contribution in [3.05, 3.63) is 59.7 Å². The lowest BCUT2D eigenvalue weighted by Gasteiger charge is -2.45. The zero-order chi connectivity index (χ0) is 23.2. The molecule has 1 fully saturated rings. The lowest BCUT2D eigenvalue weighted by molar-refractivity contribution is 0.0699. The van der Waals surface area contributed by atoms with Crippen LogP contribution in [0.4, 0.5) is 5.69 Å². The van der Waals surface area contributed by atoms with E-state index in [1.165, 1.54) is 6.42 Å². The van der Waals surface area contributed by atoms with Gasteiger partial charge in [0.25, 0.3) is 0 Å². The summed E-state index contributed by atoms with van der Waals surface area (Å²) in [6, 6.07) is 15.0. The monoisotopic (exact) mass is 442 g/mol. The highest BCUT2D eigenvalue weighted by atomic mass is 16.4. The van der Waals surface area contributed by atoms with Crippen LogP contribution in [0.3, 0.4) is 0 Å². The number of carbonyl (C=O) groups is 1. The maximum Gasteiger partial charge on any atom is 0.336 e. The number of aromatic carboxylic acids is 1. The Kier molecular flexibility index (Phi) is 5.00. The number of hydrogen-bond donors (Lipinski definition) is 3. The van der Waals surface area contributed by atoms with E-state index in [0.717, 1.165) is 42.5 Å². The van der Waals surface area contributed by atoms with Crippen LogP contribution in [0, 0.1) is 6.92 Å². The molecule has 2 aromatic carbocycles. The molecule has 5 N–H and O–H groups in total. The van der Waals surface area contributed by atoms with Crippen LogP contribution in [0.15, 0.2) is 58.5 Å². The quantitative estimate of drug-likeness (QED) is 0.562. The number of guanidine groups is 2. The van der Waals surface area contributed by atoms with E-state index in [1.807, 2.05) is 54.3 Å². The summed E-state index contributed by atoms with van der Waals surface area (Å²) in [5, 5.41) is 10.4. The van der Waals surface area contributed by atoms with E-state index < -0.39 is 11.6 Å². The van der Waals surface area contributed by atoms with E-state index in [1.54, 1.807) is 6.07 Å². The molecule has 168 valence electrons. The second-order valence-corrected chi connectivity index (χ2v) is 8.75. The molecule has 3 aromatic rings. The van der Waals surface area contributed by atoms with Crippen molar-refractivity contribution in [1.29, 1.82) is 0 Å². The lowest BCUT2D eigenvalue weighted by atomic mass is 9.87. The van der Waals surface area contributed by atoms with Crippen molar-refractivity contribution >= 4 is 34.5 Å². The van der Waals surface area contributed by atoms with Crippen LogP contribution in [0.25, 0.3) is 22.2 Å². The molecule has 0 unspecified atom stereocenters. The number of rotatable bonds is 3. The van der Waals surface area contributed by atoms with Crippen LogP contribution < -0.4 is 16.4 Å². The molecular weight excluding hydrogens is 416 g/mol. The summed E-state index contributed by atoms with van der Waals surface area (Å²) in [6.45, 7) is 1.93. The summed E-state index contributed by atoms with van der Waals surface area (Å²) in [7, 11) is 0. The number of pyridine rings is 1. The number of nitrogens with two attached hydrogens (primary N) is 2. The van der Waals surface area contributed by atoms with Crippen molar-refractivity contribution in [1.82, 2.24) is 4.98 Å². The third-order valence-electron chi connectivity index (χ3n) is 6.47. The van der Waals surface area contributed by atoms with Crippen LogP contribution in [-0.4, -0.2) is 33.6 Å². The van der Waals surface area contributed by atoms with Gasteiger partial charge in [0, 0.05) is 16.6 Å². The molecule has 0 atom stereocenters. The van der Waals surface area contributed by atoms with Crippen molar-refractivity contribution in [3.8, 4) is 11.3 Å². The van der Waals surface area contributed by atoms with E-state index in [-0.39, 0.29) is 11.5 Å². The molecule has 0 bridgehead atoms. The average Bonchev–Trinajstić information content (AvgIpc) is 2.78. The van der Waals surface area contributed by atoms with Crippen molar-refractivity contribution in [2.45, 2.75) is 44.7 Å². The lowest BCUT2D eigenvalue weighted by Crippen LogP contribution is -2.58. The summed E-state index contributed by atoms with van der Waals surface area (Å²) in [4.78, 5) is 27.5. The smallest absolute Gasteiger partial charge is 0.336 e. The van der Waals surface area contributed by atoms with Gasteiger partial charge in [-0.15, -0.1) is 0 Å². The van der Waals surface area contributed by atoms with E-state index >= 15 is 0 Å². The largest absolute Gasteiger partial charge is 0.478 e. The predicted molar refractivity (Wildman–Crippen MR) is 130 cm³/mol. The van der Waals surface area contributed by atoms with Crippen LogP contribution in [0.2, 0.25) is 0 Å². The number of fused-ring (bicyclic) bond motifs is 1. The number of carboxylic acids is 1. The summed E-state index contributed by atoms with van der Waals surface area (Å²) >= 11 is 0. The molecule has 1 saturated carbocycles. The molecule has 8 heteroatoms. The van der Waals surface area contributed by atoms with E-state index in [9.17, 15) is 9.90 Å². The standard InChI is InChI=1S/C25H26N6O2/c1-15-5-10-20-18(13-15)19(22(32)33)14-21(28-20)16-6-8-17(9-7-16)31-24(27)29-23(26)30-25(31)11-3-2-4-12-25/h5-10,13-14H,2-4,11-12H2,1H3,(H,32,33)(H4,26,27,29,30). The fourth-order valence-electron chi connectivity index (χ4n) is 4.94. The first-order chi connectivity index (χ1) is 15.9. The maximum absolute atomic E-state index is 11.9. The third-order valence-corrected chi connectivity index (χ3v) is 6.47. The summed E-state index contributed by atoms with van der Waals surface area (Å²) in [5.41, 5.74) is 15.9. The normalized spacial score (nSPS) is 17.7. The molecule has 2 heterocycles. The van der Waals surface area contributed by atoms with Crippen molar-refractivity contribution in [2.24, 2.45) is 21.5 Å². The third kappa shape index (κ3) is 3.67. The van der Waals surface area contributed by atoms with E-state index in [2.05, 4.69) is 4.99 Å². The highest BCUT2D eigenvalue weighted by molar-refractivity contribution is 6.06. The summed E-state index contributed by atoms with van der Waals surface area (Å²) in [6.07, 6.45) is 4.99. The summed E-state index contributed by atoms with van der Waals surface area (Å²) in [5.74, 6) is -0.415. The maximum atomic E-state index is 11.9. The molecular formula is C25H26N6O2. The number of carboxylic acid groups (broad SMARTS) is 1. The minimum atomic E-state index is -0.974. The van der Waals surface area contributed by atoms with Crippen molar-refractivity contribution in [3.63, 3.8) is 0 Å². The molecule has 1 aliphatic carbocycles. The van der Waals surface area contributed by atoms with Crippen molar-refractivity contribution in [2.75, 3.05) is 4.90 Å². The van der Waals surface area contributed by atoms with Gasteiger partial charge in [0.2, 0.25) is 11.9 Å². The van der Waals surface area contributed by atoms with Crippen LogP contribution in [0.1, 0.15) is 48.0 Å². The fourth-order valence-corrected chi connectivity index (χ4v) is 4.94. The van der Waals surface area contributed by atoms with Gasteiger partial charge in [-0.1, -0.05) is 30.2 Å². The van der Waals surface area contributed by atoms with Crippen LogP contribution >= 0.6 is 0 Å². The Morgan fingerprint density at radius 1 is 1.03 bits per heavy atom. The Balaban J connectivity index is 1.55. The second-order valence-electron chi connectivity index (χ2n) is 8.75. The minimum absolute atomic E-state index is 0.221. The predicted octanol–water partition coefficient (Wildman–Crippen LogP) is 4.02. The second kappa shape index (κ2) is 7.88. The SMILES string of the molecule is Cc1ccc2nc(-c3ccc(N4C(N)=NC(N)=NC45CCCCC5)cc3)cc(C(=O)O)c2c1. The van der Waals surface area contributed by atoms with Crippen LogP contribution in [-0.2, 0) is 0 Å². The molecule has 1 aromatic heterocycles. The highest BCUT2D eigenvalue weighted by Crippen LogP contribution is 2.40. The molecule has 0 amide bonds. The van der Waals surface area contributed by atoms with Crippen LogP contribution in [0.5, 0.6) is 0 Å². The number of aliphatic imine (C=N–C) groups is 2. The average molecular weight is 443 g/mol. The number of anilines is 1. The first-order valence-electron chi connectivity index (χ1n) is 11.1. The summed E-state index contributed by atoms with van der Waals surface area (Å²) < 4.78 is 0. The van der Waals surface area contributed by atoms with E-state index in [4.69, 9.17) is 21.4 Å². The Bertz CT molecular complexity index is 1310. The minimum Gasteiger partial charge on any atom is -0.478 e. The van der Waals surface area contributed by atoms with Gasteiger partial charge < -0.3 is 16.6 Å². The number of aryl methyl sites for hydroxylation is 1. The van der Waals surface area contributed by atoms with E-state index in [0.29, 0.717) is 22.6 Å². The first-order valence-corrected chi connectivity index (χ1v) is 11.1. The molecule has 0 saturated heterocycles. The Hall–Kier alpha value is -3.94. The fraction of sp³-hybridized carbons (Fsp3) is 0.280. The number of hydrogen-bond acceptors (Lipinski definition) is 7. The molecule has 0 radical (unpaired) electrons. The molecule has 5 rings (SSSR count). The Morgan fingerprint density at radius 3 is 2.45 bits per heavy atom. The number of nitrogens with zero attached hydrogens (tertiary/aromatic N) is 4. The van der Waals surface area contributed by atoms with Gasteiger partial charge in [0.05, 0.1) is 16.8 Å². The van der Waals surface area contributed by atoms with Gasteiger partial charge in [-0.05, 0) is 62.9 Å². The molecule has 1 spiro atoms. The van der Waals surface area contributed by atoms with Gasteiger partial charge in [0.1, 0.15) is 5.66 Å². The van der Waals surface area contributed by atoms with Gasteiger partial charge in [-0.3, -0.25) is 4.90 Å².